The molecule has 0 spiro atoms. The Morgan fingerprint density at radius 2 is 2.24 bits per heavy atom. The third kappa shape index (κ3) is 3.20. The Morgan fingerprint density at radius 3 is 3.00 bits per heavy atom. The SMILES string of the molecule is COc1ccccc1CN1CCC[C@H](CN)C1. The van der Waals surface area contributed by atoms with Gasteiger partial charge in [0.05, 0.1) is 7.11 Å². The van der Waals surface area contributed by atoms with E-state index in [1.165, 1.54) is 24.9 Å². The third-order valence-corrected chi connectivity index (χ3v) is 3.52. The molecule has 2 N–H and O–H groups in total. The molecular weight excluding hydrogens is 212 g/mol. The Hall–Kier alpha value is -1.06. The van der Waals surface area contributed by atoms with Gasteiger partial charge in [-0.25, -0.2) is 0 Å². The molecule has 2 rings (SSSR count). The summed E-state index contributed by atoms with van der Waals surface area (Å²) in [6.07, 6.45) is 2.54. The summed E-state index contributed by atoms with van der Waals surface area (Å²) in [5.74, 6) is 1.65. The van der Waals surface area contributed by atoms with Crippen LogP contribution in [0.5, 0.6) is 5.75 Å². The van der Waals surface area contributed by atoms with E-state index in [1.54, 1.807) is 7.11 Å². The fourth-order valence-corrected chi connectivity index (χ4v) is 2.56. The number of para-hydroxylation sites is 1. The lowest BCUT2D eigenvalue weighted by Crippen LogP contribution is -2.37. The summed E-state index contributed by atoms with van der Waals surface area (Å²) in [4.78, 5) is 2.48. The number of benzene rings is 1. The lowest BCUT2D eigenvalue weighted by Gasteiger charge is -2.32. The van der Waals surface area contributed by atoms with Gasteiger partial charge in [-0.05, 0) is 37.9 Å². The van der Waals surface area contributed by atoms with E-state index in [0.717, 1.165) is 25.4 Å². The molecular formula is C14H22N2O. The van der Waals surface area contributed by atoms with E-state index in [-0.39, 0.29) is 0 Å². The van der Waals surface area contributed by atoms with Gasteiger partial charge in [0.15, 0.2) is 0 Å². The second-order valence-corrected chi connectivity index (χ2v) is 4.79. The van der Waals surface area contributed by atoms with E-state index in [1.807, 2.05) is 12.1 Å². The second kappa shape index (κ2) is 6.03. The maximum Gasteiger partial charge on any atom is 0.123 e. The monoisotopic (exact) mass is 234 g/mol. The van der Waals surface area contributed by atoms with E-state index < -0.39 is 0 Å². The molecule has 0 amide bonds. The highest BCUT2D eigenvalue weighted by atomic mass is 16.5. The van der Waals surface area contributed by atoms with E-state index >= 15 is 0 Å². The predicted molar refractivity (Wildman–Crippen MR) is 70.0 cm³/mol. The number of ether oxygens (including phenoxy) is 1. The van der Waals surface area contributed by atoms with Gasteiger partial charge in [0, 0.05) is 18.7 Å². The van der Waals surface area contributed by atoms with E-state index in [9.17, 15) is 0 Å². The van der Waals surface area contributed by atoms with Crippen molar-refractivity contribution in [2.75, 3.05) is 26.7 Å². The van der Waals surface area contributed by atoms with Crippen molar-refractivity contribution in [1.29, 1.82) is 0 Å². The first kappa shape index (κ1) is 12.4. The smallest absolute Gasteiger partial charge is 0.123 e. The molecule has 1 aromatic rings. The fourth-order valence-electron chi connectivity index (χ4n) is 2.56. The van der Waals surface area contributed by atoms with Crippen LogP contribution in [-0.2, 0) is 6.54 Å². The minimum absolute atomic E-state index is 0.665. The molecule has 1 aromatic carbocycles. The van der Waals surface area contributed by atoms with Crippen molar-refractivity contribution in [2.24, 2.45) is 11.7 Å². The number of hydrogen-bond acceptors (Lipinski definition) is 3. The summed E-state index contributed by atoms with van der Waals surface area (Å²) in [7, 11) is 1.73. The van der Waals surface area contributed by atoms with Gasteiger partial charge in [0.1, 0.15) is 5.75 Å². The first-order chi connectivity index (χ1) is 8.33. The zero-order chi connectivity index (χ0) is 12.1. The maximum atomic E-state index is 5.76. The number of nitrogens with zero attached hydrogens (tertiary/aromatic N) is 1. The molecule has 17 heavy (non-hydrogen) atoms. The Labute approximate surface area is 104 Å². The average Bonchev–Trinajstić information content (AvgIpc) is 2.39. The number of hydrogen-bond donors (Lipinski definition) is 1. The highest BCUT2D eigenvalue weighted by molar-refractivity contribution is 5.33. The third-order valence-electron chi connectivity index (χ3n) is 3.52. The maximum absolute atomic E-state index is 5.76. The number of rotatable bonds is 4. The molecule has 3 nitrogen and oxygen atoms in total. The van der Waals surface area contributed by atoms with Gasteiger partial charge < -0.3 is 10.5 Å². The van der Waals surface area contributed by atoms with Crippen LogP contribution < -0.4 is 10.5 Å². The largest absolute Gasteiger partial charge is 0.496 e. The standard InChI is InChI=1S/C14H22N2O/c1-17-14-7-3-2-6-13(14)11-16-8-4-5-12(9-15)10-16/h2-3,6-7,12H,4-5,8-11,15H2,1H3/t12-/m1/s1. The lowest BCUT2D eigenvalue weighted by molar-refractivity contribution is 0.169. The zero-order valence-corrected chi connectivity index (χ0v) is 10.6. The van der Waals surface area contributed by atoms with Crippen LogP contribution in [0, 0.1) is 5.92 Å². The van der Waals surface area contributed by atoms with E-state index in [0.29, 0.717) is 5.92 Å². The first-order valence-corrected chi connectivity index (χ1v) is 6.37. The molecule has 0 bridgehead atoms. The van der Waals surface area contributed by atoms with Gasteiger partial charge in [-0.2, -0.15) is 0 Å². The van der Waals surface area contributed by atoms with Gasteiger partial charge >= 0.3 is 0 Å². The molecule has 94 valence electrons. The zero-order valence-electron chi connectivity index (χ0n) is 10.6. The Morgan fingerprint density at radius 1 is 1.41 bits per heavy atom. The first-order valence-electron chi connectivity index (χ1n) is 6.37. The summed E-state index contributed by atoms with van der Waals surface area (Å²) in [5.41, 5.74) is 7.03. The highest BCUT2D eigenvalue weighted by Gasteiger charge is 2.19. The summed E-state index contributed by atoms with van der Waals surface area (Å²) >= 11 is 0. The van der Waals surface area contributed by atoms with Gasteiger partial charge in [0.2, 0.25) is 0 Å². The van der Waals surface area contributed by atoms with Crippen LogP contribution in [0.3, 0.4) is 0 Å². The minimum atomic E-state index is 0.665. The fraction of sp³-hybridized carbons (Fsp3) is 0.571. The molecule has 0 aromatic heterocycles. The summed E-state index contributed by atoms with van der Waals surface area (Å²) in [5, 5.41) is 0. The van der Waals surface area contributed by atoms with E-state index in [4.69, 9.17) is 10.5 Å². The van der Waals surface area contributed by atoms with Crippen LogP contribution in [0.2, 0.25) is 0 Å². The van der Waals surface area contributed by atoms with Crippen LogP contribution >= 0.6 is 0 Å². The normalized spacial score (nSPS) is 21.4. The number of methoxy groups -OCH3 is 1. The van der Waals surface area contributed by atoms with Crippen molar-refractivity contribution >= 4 is 0 Å². The molecule has 0 radical (unpaired) electrons. The van der Waals surface area contributed by atoms with Crippen molar-refractivity contribution in [2.45, 2.75) is 19.4 Å². The Kier molecular flexibility index (Phi) is 4.40. The molecule has 0 aliphatic carbocycles. The minimum Gasteiger partial charge on any atom is -0.496 e. The molecule has 1 aliphatic heterocycles. The van der Waals surface area contributed by atoms with Crippen LogP contribution in [0.4, 0.5) is 0 Å². The molecule has 1 saturated heterocycles. The van der Waals surface area contributed by atoms with Crippen molar-refractivity contribution in [1.82, 2.24) is 4.90 Å². The molecule has 1 atom stereocenters. The highest BCUT2D eigenvalue weighted by Crippen LogP contribution is 2.22. The lowest BCUT2D eigenvalue weighted by atomic mass is 9.98. The van der Waals surface area contributed by atoms with Crippen molar-refractivity contribution in [3.8, 4) is 5.75 Å². The molecule has 1 heterocycles. The molecule has 0 saturated carbocycles. The summed E-state index contributed by atoms with van der Waals surface area (Å²) in [6.45, 7) is 4.08. The van der Waals surface area contributed by atoms with Crippen molar-refractivity contribution in [3.05, 3.63) is 29.8 Å². The number of nitrogens with two attached hydrogens (primary N) is 1. The second-order valence-electron chi connectivity index (χ2n) is 4.79. The predicted octanol–water partition coefficient (Wildman–Crippen LogP) is 1.87. The topological polar surface area (TPSA) is 38.5 Å². The van der Waals surface area contributed by atoms with Crippen LogP contribution in [0.25, 0.3) is 0 Å². The molecule has 3 heteroatoms. The average molecular weight is 234 g/mol. The number of piperidine rings is 1. The van der Waals surface area contributed by atoms with E-state index in [2.05, 4.69) is 17.0 Å². The molecule has 1 aliphatic rings. The summed E-state index contributed by atoms with van der Waals surface area (Å²) < 4.78 is 5.39. The van der Waals surface area contributed by atoms with Crippen molar-refractivity contribution in [3.63, 3.8) is 0 Å². The van der Waals surface area contributed by atoms with Gasteiger partial charge in [-0.1, -0.05) is 18.2 Å². The van der Waals surface area contributed by atoms with Gasteiger partial charge in [-0.3, -0.25) is 4.90 Å². The number of likely N-dealkylation sites (tertiary alicyclic amines) is 1. The quantitative estimate of drug-likeness (QED) is 0.864. The summed E-state index contributed by atoms with van der Waals surface area (Å²) in [6, 6.07) is 8.26. The van der Waals surface area contributed by atoms with Crippen molar-refractivity contribution < 1.29 is 4.74 Å². The molecule has 0 unspecified atom stereocenters. The van der Waals surface area contributed by atoms with Gasteiger partial charge in [-0.15, -0.1) is 0 Å². The Balaban J connectivity index is 2.00. The Bertz CT molecular complexity index is 354. The van der Waals surface area contributed by atoms with Crippen LogP contribution in [0.1, 0.15) is 18.4 Å². The van der Waals surface area contributed by atoms with Crippen LogP contribution in [-0.4, -0.2) is 31.6 Å². The van der Waals surface area contributed by atoms with Crippen LogP contribution in [0.15, 0.2) is 24.3 Å². The van der Waals surface area contributed by atoms with Gasteiger partial charge in [0.25, 0.3) is 0 Å². The molecule has 1 fully saturated rings.